The summed E-state index contributed by atoms with van der Waals surface area (Å²) in [6.45, 7) is 19.8. The maximum absolute atomic E-state index is 13.3. The summed E-state index contributed by atoms with van der Waals surface area (Å²) in [7, 11) is 1.74. The highest BCUT2D eigenvalue weighted by Gasteiger charge is 2.33. The molecular weight excluding hydrogens is 755 g/mol. The standard InChI is InChI=1S/C44H69N7O8/c1-32(52)47-39-49(24-18-16-14-12-13-15-17-19-34(45-11)29-37(53)57-42(2,3)4)25-26-50(39)27-28-56-36-22-20-33(21-23-36)38-46-30-35(48-40(54)58-43(5,6)7)31-51(38)41(55)59-44(8,9)10/h20-23,25-26,35H,12-19,24,27-31H2,1-11H3,(H,48,54). The van der Waals surface area contributed by atoms with Gasteiger partial charge in [-0.2, -0.15) is 4.99 Å². The number of hydrogen-bond acceptors (Lipinski definition) is 10. The number of imidazole rings is 1. The van der Waals surface area contributed by atoms with E-state index in [-0.39, 0.29) is 31.4 Å². The molecular formula is C44H69N7O8. The number of aromatic nitrogens is 2. The number of carbonyl (C=O) groups is 4. The van der Waals surface area contributed by atoms with E-state index in [4.69, 9.17) is 18.9 Å². The maximum atomic E-state index is 13.3. The van der Waals surface area contributed by atoms with Crippen LogP contribution < -0.4 is 15.7 Å². The van der Waals surface area contributed by atoms with E-state index in [2.05, 4.69) is 20.3 Å². The lowest BCUT2D eigenvalue weighted by Gasteiger charge is -2.34. The van der Waals surface area contributed by atoms with Gasteiger partial charge >= 0.3 is 18.2 Å². The molecule has 1 N–H and O–H groups in total. The van der Waals surface area contributed by atoms with Gasteiger partial charge in [-0.25, -0.2) is 9.59 Å². The fraction of sp³-hybridized carbons (Fsp3) is 0.659. The molecule has 3 amide bonds. The molecule has 2 aromatic rings. The summed E-state index contributed by atoms with van der Waals surface area (Å²) in [6, 6.07) is 6.84. The lowest BCUT2D eigenvalue weighted by Crippen LogP contribution is -2.54. The van der Waals surface area contributed by atoms with Gasteiger partial charge in [0.05, 0.1) is 32.1 Å². The largest absolute Gasteiger partial charge is 0.492 e. The lowest BCUT2D eigenvalue weighted by molar-refractivity contribution is -0.153. The first kappa shape index (κ1) is 48.4. The van der Waals surface area contributed by atoms with E-state index in [0.29, 0.717) is 35.9 Å². The third-order valence-electron chi connectivity index (χ3n) is 8.82. The van der Waals surface area contributed by atoms with Crippen LogP contribution in [0, 0.1) is 0 Å². The molecule has 328 valence electrons. The number of aryl methyl sites for hydroxylation is 1. The number of ether oxygens (including phenoxy) is 4. The second kappa shape index (κ2) is 22.4. The summed E-state index contributed by atoms with van der Waals surface area (Å²) in [5, 5.41) is 2.81. The zero-order valence-electron chi connectivity index (χ0n) is 37.4. The Hall–Kier alpha value is -4.95. The fourth-order valence-corrected chi connectivity index (χ4v) is 6.30. The molecule has 59 heavy (non-hydrogen) atoms. The quantitative estimate of drug-likeness (QED) is 0.0693. The van der Waals surface area contributed by atoms with E-state index in [9.17, 15) is 19.2 Å². The third-order valence-corrected chi connectivity index (χ3v) is 8.82. The number of alkyl carbamates (subject to hydrolysis) is 1. The van der Waals surface area contributed by atoms with E-state index < -0.39 is 35.0 Å². The van der Waals surface area contributed by atoms with Gasteiger partial charge in [0.15, 0.2) is 0 Å². The van der Waals surface area contributed by atoms with Crippen molar-refractivity contribution < 1.29 is 38.1 Å². The van der Waals surface area contributed by atoms with Gasteiger partial charge in [-0.05, 0) is 106 Å². The Morgan fingerprint density at radius 1 is 0.780 bits per heavy atom. The zero-order chi connectivity index (χ0) is 43.8. The van der Waals surface area contributed by atoms with Gasteiger partial charge in [-0.15, -0.1) is 0 Å². The molecule has 1 unspecified atom stereocenters. The Bertz CT molecular complexity index is 1820. The minimum Gasteiger partial charge on any atom is -0.492 e. The highest BCUT2D eigenvalue weighted by atomic mass is 16.6. The number of hydrogen-bond donors (Lipinski definition) is 1. The highest BCUT2D eigenvalue weighted by Crippen LogP contribution is 2.20. The van der Waals surface area contributed by atoms with Crippen LogP contribution >= 0.6 is 0 Å². The van der Waals surface area contributed by atoms with Crippen LogP contribution in [0.15, 0.2) is 51.6 Å². The summed E-state index contributed by atoms with van der Waals surface area (Å²) in [5.41, 5.74) is 0.297. The molecule has 1 aliphatic rings. The van der Waals surface area contributed by atoms with E-state index in [1.165, 1.54) is 11.8 Å². The SMILES string of the molecule is CN=C(CCCCCCCCCn1ccn(CCOc2ccc(C3=NCC(NC(=O)OC(C)(C)C)CN3C(=O)OC(C)(C)C)cc2)c1=NC(C)=O)CC(=O)OC(C)(C)C. The molecule has 15 heteroatoms. The van der Waals surface area contributed by atoms with E-state index >= 15 is 0 Å². The van der Waals surface area contributed by atoms with E-state index in [1.54, 1.807) is 48.6 Å². The molecule has 15 nitrogen and oxygen atoms in total. The average Bonchev–Trinajstić information content (AvgIpc) is 3.48. The van der Waals surface area contributed by atoms with Crippen molar-refractivity contribution in [1.82, 2.24) is 19.4 Å². The molecule has 0 aliphatic carbocycles. The molecule has 0 radical (unpaired) electrons. The van der Waals surface area contributed by atoms with Crippen LogP contribution in [0.2, 0.25) is 0 Å². The van der Waals surface area contributed by atoms with Gasteiger partial charge in [-0.1, -0.05) is 32.1 Å². The topological polar surface area (TPSA) is 167 Å². The number of aliphatic imine (C=N–C) groups is 2. The number of amidine groups is 1. The van der Waals surface area contributed by atoms with Crippen LogP contribution in [-0.4, -0.2) is 99.2 Å². The Kier molecular flexibility index (Phi) is 18.4. The van der Waals surface area contributed by atoms with Crippen molar-refractivity contribution >= 4 is 35.6 Å². The summed E-state index contributed by atoms with van der Waals surface area (Å²) in [6.07, 6.45) is 11.3. The van der Waals surface area contributed by atoms with Crippen molar-refractivity contribution in [3.8, 4) is 5.75 Å². The predicted molar refractivity (Wildman–Crippen MR) is 229 cm³/mol. The Balaban J connectivity index is 1.49. The number of unbranched alkanes of at least 4 members (excludes halogenated alkanes) is 6. The lowest BCUT2D eigenvalue weighted by atomic mass is 10.0. The number of esters is 1. The summed E-state index contributed by atoms with van der Waals surface area (Å²) < 4.78 is 26.5. The van der Waals surface area contributed by atoms with Crippen molar-refractivity contribution in [2.24, 2.45) is 15.0 Å². The first-order valence-corrected chi connectivity index (χ1v) is 20.9. The van der Waals surface area contributed by atoms with Gasteiger partial charge in [0.2, 0.25) is 11.5 Å². The van der Waals surface area contributed by atoms with Crippen molar-refractivity contribution in [2.45, 2.75) is 163 Å². The molecule has 0 spiro atoms. The van der Waals surface area contributed by atoms with Crippen molar-refractivity contribution in [2.75, 3.05) is 26.7 Å². The summed E-state index contributed by atoms with van der Waals surface area (Å²) in [5.74, 6) is 0.570. The molecule has 2 heterocycles. The van der Waals surface area contributed by atoms with Crippen LogP contribution in [0.25, 0.3) is 0 Å². The highest BCUT2D eigenvalue weighted by molar-refractivity contribution is 6.07. The van der Waals surface area contributed by atoms with Crippen molar-refractivity contribution in [1.29, 1.82) is 0 Å². The van der Waals surface area contributed by atoms with Gasteiger partial charge < -0.3 is 33.4 Å². The van der Waals surface area contributed by atoms with Crippen molar-refractivity contribution in [3.63, 3.8) is 0 Å². The smallest absolute Gasteiger partial charge is 0.416 e. The molecule has 1 aliphatic heterocycles. The predicted octanol–water partition coefficient (Wildman–Crippen LogP) is 7.63. The Labute approximate surface area is 350 Å². The first-order valence-electron chi connectivity index (χ1n) is 20.9. The Morgan fingerprint density at radius 2 is 1.36 bits per heavy atom. The number of nitrogens with zero attached hydrogens (tertiary/aromatic N) is 6. The van der Waals surface area contributed by atoms with Crippen LogP contribution in [0.4, 0.5) is 9.59 Å². The van der Waals surface area contributed by atoms with Crippen molar-refractivity contribution in [3.05, 3.63) is 47.8 Å². The van der Waals surface area contributed by atoms with Gasteiger partial charge in [0, 0.05) is 44.2 Å². The molecule has 1 aromatic carbocycles. The number of nitrogens with one attached hydrogen (secondary N) is 1. The molecule has 0 saturated carbocycles. The second-order valence-corrected chi connectivity index (χ2v) is 17.9. The monoisotopic (exact) mass is 824 g/mol. The first-order chi connectivity index (χ1) is 27.6. The third kappa shape index (κ3) is 18.7. The van der Waals surface area contributed by atoms with E-state index in [0.717, 1.165) is 63.6 Å². The minimum absolute atomic E-state index is 0.160. The second-order valence-electron chi connectivity index (χ2n) is 17.9. The number of rotatable bonds is 18. The van der Waals surface area contributed by atoms with Gasteiger partial charge in [0.25, 0.3) is 0 Å². The molecule has 0 bridgehead atoms. The number of amides is 3. The Morgan fingerprint density at radius 3 is 1.93 bits per heavy atom. The van der Waals surface area contributed by atoms with Crippen LogP contribution in [0.3, 0.4) is 0 Å². The van der Waals surface area contributed by atoms with E-state index in [1.807, 2.05) is 66.6 Å². The van der Waals surface area contributed by atoms with Crippen LogP contribution in [0.5, 0.6) is 5.75 Å². The molecule has 0 fully saturated rings. The summed E-state index contributed by atoms with van der Waals surface area (Å²) in [4.78, 5) is 64.7. The molecule has 0 saturated heterocycles. The molecule has 1 aromatic heterocycles. The number of benzene rings is 1. The molecule has 1 atom stereocenters. The maximum Gasteiger partial charge on any atom is 0.416 e. The van der Waals surface area contributed by atoms with Crippen LogP contribution in [0.1, 0.15) is 133 Å². The summed E-state index contributed by atoms with van der Waals surface area (Å²) >= 11 is 0. The van der Waals surface area contributed by atoms with Crippen LogP contribution in [-0.2, 0) is 36.9 Å². The van der Waals surface area contributed by atoms with Gasteiger partial charge in [-0.3, -0.25) is 24.5 Å². The molecule has 3 rings (SSSR count). The fourth-order valence-electron chi connectivity index (χ4n) is 6.30. The normalized spacial score (nSPS) is 15.4. The average molecular weight is 824 g/mol. The minimum atomic E-state index is -0.729. The van der Waals surface area contributed by atoms with Gasteiger partial charge in [0.1, 0.15) is 35.0 Å². The zero-order valence-corrected chi connectivity index (χ0v) is 37.4. The number of carbonyl (C=O) groups excluding carboxylic acids is 4.